The Hall–Kier alpha value is -3.28. The number of benzene rings is 2. The first kappa shape index (κ1) is 25.3. The maximum absolute atomic E-state index is 13.0. The molecule has 1 saturated heterocycles. The van der Waals surface area contributed by atoms with Gasteiger partial charge in [-0.1, -0.05) is 24.3 Å². The van der Waals surface area contributed by atoms with Crippen LogP contribution in [0.4, 0.5) is 29.3 Å². The number of amides is 2. The Morgan fingerprint density at radius 3 is 2.35 bits per heavy atom. The van der Waals surface area contributed by atoms with Crippen LogP contribution in [0, 0.1) is 5.92 Å². The quantitative estimate of drug-likeness (QED) is 0.651. The lowest BCUT2D eigenvalue weighted by molar-refractivity contribution is -0.162. The molecule has 1 N–H and O–H groups in total. The van der Waals surface area contributed by atoms with Crippen molar-refractivity contribution >= 4 is 33.4 Å². The molecule has 12 heteroatoms. The third kappa shape index (κ3) is 6.40. The first-order chi connectivity index (χ1) is 16.0. The van der Waals surface area contributed by atoms with Gasteiger partial charge in [0.25, 0.3) is 10.0 Å². The highest BCUT2D eigenvalue weighted by Gasteiger charge is 2.33. The summed E-state index contributed by atoms with van der Waals surface area (Å²) in [5.74, 6) is -0.854. The lowest BCUT2D eigenvalue weighted by atomic mass is 9.96. The summed E-state index contributed by atoms with van der Waals surface area (Å²) in [6.07, 6.45) is -5.20. The normalized spacial score (nSPS) is 15.0. The highest BCUT2D eigenvalue weighted by molar-refractivity contribution is 7.92. The van der Waals surface area contributed by atoms with E-state index in [0.29, 0.717) is 11.4 Å². The van der Waals surface area contributed by atoms with E-state index in [0.717, 1.165) is 9.21 Å². The van der Waals surface area contributed by atoms with E-state index in [1.54, 1.807) is 36.4 Å². The molecule has 0 spiro atoms. The minimum Gasteiger partial charge on any atom is -0.440 e. The molecule has 0 unspecified atom stereocenters. The highest BCUT2D eigenvalue weighted by Crippen LogP contribution is 2.25. The van der Waals surface area contributed by atoms with Crippen molar-refractivity contribution in [3.05, 3.63) is 54.6 Å². The molecule has 184 valence electrons. The summed E-state index contributed by atoms with van der Waals surface area (Å²) in [5.41, 5.74) is 0.775. The van der Waals surface area contributed by atoms with Crippen molar-refractivity contribution in [3.8, 4) is 0 Å². The maximum atomic E-state index is 13.0. The summed E-state index contributed by atoms with van der Waals surface area (Å²) in [4.78, 5) is 25.5. The summed E-state index contributed by atoms with van der Waals surface area (Å²) < 4.78 is 67.9. The number of rotatable bonds is 6. The molecule has 1 aliphatic heterocycles. The lowest BCUT2D eigenvalue weighted by Crippen LogP contribution is -2.42. The zero-order valence-electron chi connectivity index (χ0n) is 18.3. The molecule has 2 aromatic rings. The number of piperidine rings is 1. The molecule has 34 heavy (non-hydrogen) atoms. The fourth-order valence-corrected chi connectivity index (χ4v) is 4.71. The molecule has 1 aliphatic rings. The average molecular weight is 500 g/mol. The SMILES string of the molecule is CN(c1ccccc1)S(=O)(=O)c1cccc(NC(=O)C2CCN(C(=O)OCC(F)(F)F)CC2)c1. The van der Waals surface area contributed by atoms with Crippen molar-refractivity contribution < 1.29 is 35.9 Å². The van der Waals surface area contributed by atoms with E-state index in [9.17, 15) is 31.2 Å². The summed E-state index contributed by atoms with van der Waals surface area (Å²) in [6.45, 7) is -1.51. The van der Waals surface area contributed by atoms with Crippen LogP contribution in [-0.4, -0.2) is 58.2 Å². The number of sulfonamides is 1. The zero-order valence-corrected chi connectivity index (χ0v) is 19.1. The second-order valence-corrected chi connectivity index (χ2v) is 9.73. The van der Waals surface area contributed by atoms with Crippen LogP contribution in [0.3, 0.4) is 0 Å². The number of nitrogens with zero attached hydrogens (tertiary/aromatic N) is 2. The Kier molecular flexibility index (Phi) is 7.70. The lowest BCUT2D eigenvalue weighted by Gasteiger charge is -2.30. The molecule has 2 aromatic carbocycles. The first-order valence-electron chi connectivity index (χ1n) is 10.4. The van der Waals surface area contributed by atoms with Gasteiger partial charge in [-0.25, -0.2) is 13.2 Å². The minimum atomic E-state index is -4.61. The van der Waals surface area contributed by atoms with Gasteiger partial charge in [0.05, 0.1) is 10.6 Å². The number of hydrogen-bond donors (Lipinski definition) is 1. The van der Waals surface area contributed by atoms with Gasteiger partial charge in [-0.3, -0.25) is 9.10 Å². The summed E-state index contributed by atoms with van der Waals surface area (Å²) in [5, 5.41) is 2.69. The molecule has 0 aliphatic carbocycles. The Bertz CT molecular complexity index is 1120. The molecular formula is C22H24F3N3O5S. The summed E-state index contributed by atoms with van der Waals surface area (Å²) >= 11 is 0. The monoisotopic (exact) mass is 499 g/mol. The van der Waals surface area contributed by atoms with Crippen LogP contribution in [-0.2, 0) is 19.6 Å². The van der Waals surface area contributed by atoms with Crippen molar-refractivity contribution in [1.82, 2.24) is 4.90 Å². The molecule has 0 radical (unpaired) electrons. The number of anilines is 2. The molecular weight excluding hydrogens is 475 g/mol. The van der Waals surface area contributed by atoms with E-state index < -0.39 is 34.8 Å². The van der Waals surface area contributed by atoms with E-state index in [-0.39, 0.29) is 36.7 Å². The van der Waals surface area contributed by atoms with Gasteiger partial charge in [0.1, 0.15) is 0 Å². The zero-order chi connectivity index (χ0) is 24.9. The Labute approximate surface area is 195 Å². The van der Waals surface area contributed by atoms with Crippen LogP contribution in [0.2, 0.25) is 0 Å². The molecule has 1 fully saturated rings. The van der Waals surface area contributed by atoms with E-state index in [1.807, 2.05) is 0 Å². The van der Waals surface area contributed by atoms with Gasteiger partial charge in [0, 0.05) is 31.7 Å². The molecule has 2 amide bonds. The number of alkyl halides is 3. The number of para-hydroxylation sites is 1. The maximum Gasteiger partial charge on any atom is 0.422 e. The predicted octanol–water partition coefficient (Wildman–Crippen LogP) is 3.86. The van der Waals surface area contributed by atoms with Crippen LogP contribution >= 0.6 is 0 Å². The van der Waals surface area contributed by atoms with Crippen molar-refractivity contribution in [3.63, 3.8) is 0 Å². The van der Waals surface area contributed by atoms with Crippen LogP contribution in [0.25, 0.3) is 0 Å². The highest BCUT2D eigenvalue weighted by atomic mass is 32.2. The fourth-order valence-electron chi connectivity index (χ4n) is 3.47. The predicted molar refractivity (Wildman–Crippen MR) is 119 cm³/mol. The fraction of sp³-hybridized carbons (Fsp3) is 0.364. The van der Waals surface area contributed by atoms with Gasteiger partial charge in [-0.2, -0.15) is 13.2 Å². The number of carbonyl (C=O) groups excluding carboxylic acids is 2. The molecule has 0 saturated carbocycles. The number of carbonyl (C=O) groups is 2. The second kappa shape index (κ2) is 10.3. The van der Waals surface area contributed by atoms with Crippen LogP contribution in [0.5, 0.6) is 0 Å². The third-order valence-electron chi connectivity index (χ3n) is 5.36. The molecule has 3 rings (SSSR count). The molecule has 0 bridgehead atoms. The third-order valence-corrected chi connectivity index (χ3v) is 7.14. The van der Waals surface area contributed by atoms with E-state index in [4.69, 9.17) is 0 Å². The van der Waals surface area contributed by atoms with Gasteiger partial charge in [0.15, 0.2) is 6.61 Å². The Balaban J connectivity index is 1.59. The Morgan fingerprint density at radius 2 is 1.74 bits per heavy atom. The van der Waals surface area contributed by atoms with Crippen molar-refractivity contribution in [2.24, 2.45) is 5.92 Å². The van der Waals surface area contributed by atoms with Crippen LogP contribution in [0.1, 0.15) is 12.8 Å². The number of nitrogens with one attached hydrogen (secondary N) is 1. The molecule has 0 aromatic heterocycles. The second-order valence-electron chi connectivity index (χ2n) is 7.76. The number of hydrogen-bond acceptors (Lipinski definition) is 5. The van der Waals surface area contributed by atoms with Crippen molar-refractivity contribution in [2.45, 2.75) is 23.9 Å². The number of likely N-dealkylation sites (tertiary alicyclic amines) is 1. The standard InChI is InChI=1S/C22H24F3N3O5S/c1-27(18-7-3-2-4-8-18)34(31,32)19-9-5-6-17(14-19)26-20(29)16-10-12-28(13-11-16)21(30)33-15-22(23,24)25/h2-9,14,16H,10-13,15H2,1H3,(H,26,29). The van der Waals surface area contributed by atoms with Crippen LogP contribution < -0.4 is 9.62 Å². The topological polar surface area (TPSA) is 96.0 Å². The summed E-state index contributed by atoms with van der Waals surface area (Å²) in [6, 6.07) is 14.4. The first-order valence-corrected chi connectivity index (χ1v) is 11.8. The van der Waals surface area contributed by atoms with Gasteiger partial charge in [0.2, 0.25) is 5.91 Å². The summed E-state index contributed by atoms with van der Waals surface area (Å²) in [7, 11) is -2.43. The van der Waals surface area contributed by atoms with Gasteiger partial charge >= 0.3 is 12.3 Å². The van der Waals surface area contributed by atoms with Gasteiger partial charge < -0.3 is 15.0 Å². The smallest absolute Gasteiger partial charge is 0.422 e. The number of halogens is 3. The molecule has 8 nitrogen and oxygen atoms in total. The van der Waals surface area contributed by atoms with Crippen molar-refractivity contribution in [2.75, 3.05) is 36.4 Å². The minimum absolute atomic E-state index is 0.00103. The van der Waals surface area contributed by atoms with Gasteiger partial charge in [-0.15, -0.1) is 0 Å². The largest absolute Gasteiger partial charge is 0.440 e. The van der Waals surface area contributed by atoms with E-state index in [1.165, 1.54) is 25.2 Å². The van der Waals surface area contributed by atoms with E-state index in [2.05, 4.69) is 10.1 Å². The van der Waals surface area contributed by atoms with Crippen molar-refractivity contribution in [1.29, 1.82) is 0 Å². The molecule has 1 heterocycles. The van der Waals surface area contributed by atoms with Gasteiger partial charge in [-0.05, 0) is 43.2 Å². The van der Waals surface area contributed by atoms with E-state index >= 15 is 0 Å². The number of ether oxygens (including phenoxy) is 1. The average Bonchev–Trinajstić information content (AvgIpc) is 2.82. The molecule has 0 atom stereocenters. The Morgan fingerprint density at radius 1 is 1.09 bits per heavy atom. The van der Waals surface area contributed by atoms with Crippen LogP contribution in [0.15, 0.2) is 59.5 Å².